The molecule has 12 heavy (non-hydrogen) atoms. The van der Waals surface area contributed by atoms with Crippen molar-refractivity contribution in [3.05, 3.63) is 23.8 Å². The Morgan fingerprint density at radius 1 is 1.17 bits per heavy atom. The van der Waals surface area contributed by atoms with Crippen LogP contribution in [0, 0.1) is 0 Å². The SMILES string of the molecule is CC(NO)c1cc(O)cc(O)c1. The summed E-state index contributed by atoms with van der Waals surface area (Å²) in [6.07, 6.45) is 0. The van der Waals surface area contributed by atoms with Crippen LogP contribution >= 0.6 is 0 Å². The molecule has 0 amide bonds. The van der Waals surface area contributed by atoms with E-state index in [1.54, 1.807) is 6.92 Å². The number of phenolic OH excluding ortho intramolecular Hbond substituents is 2. The third-order valence-corrected chi connectivity index (χ3v) is 1.62. The predicted octanol–water partition coefficient (Wildman–Crippen LogP) is 1.14. The van der Waals surface area contributed by atoms with E-state index in [1.165, 1.54) is 18.2 Å². The smallest absolute Gasteiger partial charge is 0.119 e. The Morgan fingerprint density at radius 2 is 1.67 bits per heavy atom. The Balaban J connectivity index is 3.00. The van der Waals surface area contributed by atoms with Crippen LogP contribution < -0.4 is 5.48 Å². The van der Waals surface area contributed by atoms with E-state index in [0.29, 0.717) is 5.56 Å². The lowest BCUT2D eigenvalue weighted by molar-refractivity contribution is 0.133. The zero-order valence-electron chi connectivity index (χ0n) is 6.65. The van der Waals surface area contributed by atoms with E-state index in [4.69, 9.17) is 15.4 Å². The van der Waals surface area contributed by atoms with Crippen molar-refractivity contribution in [2.45, 2.75) is 13.0 Å². The molecule has 1 unspecified atom stereocenters. The second-order valence-electron chi connectivity index (χ2n) is 2.63. The average Bonchev–Trinajstić information content (AvgIpc) is 2.01. The summed E-state index contributed by atoms with van der Waals surface area (Å²) >= 11 is 0. The van der Waals surface area contributed by atoms with Gasteiger partial charge < -0.3 is 15.4 Å². The molecule has 4 N–H and O–H groups in total. The van der Waals surface area contributed by atoms with E-state index in [2.05, 4.69) is 0 Å². The summed E-state index contributed by atoms with van der Waals surface area (Å²) in [6.45, 7) is 1.70. The van der Waals surface area contributed by atoms with Gasteiger partial charge in [-0.25, -0.2) is 0 Å². The van der Waals surface area contributed by atoms with Gasteiger partial charge in [-0.15, -0.1) is 0 Å². The third-order valence-electron chi connectivity index (χ3n) is 1.62. The normalized spacial score (nSPS) is 12.8. The van der Waals surface area contributed by atoms with Crippen molar-refractivity contribution in [3.63, 3.8) is 0 Å². The van der Waals surface area contributed by atoms with Crippen LogP contribution in [0.1, 0.15) is 18.5 Å². The first kappa shape index (κ1) is 8.83. The van der Waals surface area contributed by atoms with Gasteiger partial charge in [0, 0.05) is 6.07 Å². The average molecular weight is 169 g/mol. The minimum absolute atomic E-state index is 0.0212. The van der Waals surface area contributed by atoms with Gasteiger partial charge in [-0.05, 0) is 24.6 Å². The first-order chi connectivity index (χ1) is 5.63. The Kier molecular flexibility index (Phi) is 2.52. The van der Waals surface area contributed by atoms with Crippen LogP contribution in [0.2, 0.25) is 0 Å². The third kappa shape index (κ3) is 1.87. The predicted molar refractivity (Wildman–Crippen MR) is 43.1 cm³/mol. The lowest BCUT2D eigenvalue weighted by Gasteiger charge is -2.09. The molecular weight excluding hydrogens is 158 g/mol. The maximum Gasteiger partial charge on any atom is 0.119 e. The summed E-state index contributed by atoms with van der Waals surface area (Å²) < 4.78 is 0. The van der Waals surface area contributed by atoms with Crippen LogP contribution in [-0.2, 0) is 0 Å². The molecular formula is C8H11NO3. The van der Waals surface area contributed by atoms with E-state index in [-0.39, 0.29) is 17.5 Å². The molecule has 4 nitrogen and oxygen atoms in total. The molecule has 1 aromatic rings. The molecule has 66 valence electrons. The molecule has 0 saturated carbocycles. The molecule has 0 heterocycles. The van der Waals surface area contributed by atoms with Gasteiger partial charge in [-0.3, -0.25) is 0 Å². The van der Waals surface area contributed by atoms with Crippen molar-refractivity contribution in [2.75, 3.05) is 0 Å². The number of hydroxylamine groups is 1. The lowest BCUT2D eigenvalue weighted by atomic mass is 10.1. The monoisotopic (exact) mass is 169 g/mol. The van der Waals surface area contributed by atoms with Crippen LogP contribution in [0.4, 0.5) is 0 Å². The van der Waals surface area contributed by atoms with Crippen molar-refractivity contribution in [1.82, 2.24) is 5.48 Å². The molecule has 0 radical (unpaired) electrons. The minimum atomic E-state index is -0.317. The quantitative estimate of drug-likeness (QED) is 0.501. The highest BCUT2D eigenvalue weighted by Gasteiger charge is 2.05. The van der Waals surface area contributed by atoms with Crippen LogP contribution in [0.3, 0.4) is 0 Å². The van der Waals surface area contributed by atoms with E-state index < -0.39 is 0 Å². The second kappa shape index (κ2) is 3.42. The van der Waals surface area contributed by atoms with Gasteiger partial charge in [0.05, 0.1) is 6.04 Å². The zero-order chi connectivity index (χ0) is 9.14. The Morgan fingerprint density at radius 3 is 2.08 bits per heavy atom. The molecule has 0 aliphatic rings. The number of benzene rings is 1. The van der Waals surface area contributed by atoms with Crippen molar-refractivity contribution in [1.29, 1.82) is 0 Å². The number of hydrogen-bond donors (Lipinski definition) is 4. The second-order valence-corrected chi connectivity index (χ2v) is 2.63. The molecule has 1 rings (SSSR count). The largest absolute Gasteiger partial charge is 0.508 e. The summed E-state index contributed by atoms with van der Waals surface area (Å²) in [6, 6.07) is 3.84. The fraction of sp³-hybridized carbons (Fsp3) is 0.250. The topological polar surface area (TPSA) is 72.7 Å². The van der Waals surface area contributed by atoms with E-state index in [1.807, 2.05) is 5.48 Å². The molecule has 0 aromatic heterocycles. The van der Waals surface area contributed by atoms with E-state index in [0.717, 1.165) is 0 Å². The van der Waals surface area contributed by atoms with Crippen LogP contribution in [0.15, 0.2) is 18.2 Å². The summed E-state index contributed by atoms with van der Waals surface area (Å²) in [5.41, 5.74) is 2.63. The first-order valence-electron chi connectivity index (χ1n) is 3.56. The maximum absolute atomic E-state index is 9.07. The van der Waals surface area contributed by atoms with Gasteiger partial charge in [0.1, 0.15) is 11.5 Å². The van der Waals surface area contributed by atoms with Gasteiger partial charge in [0.25, 0.3) is 0 Å². The van der Waals surface area contributed by atoms with Crippen molar-refractivity contribution < 1.29 is 15.4 Å². The molecule has 0 aliphatic carbocycles. The lowest BCUT2D eigenvalue weighted by Crippen LogP contribution is -2.12. The van der Waals surface area contributed by atoms with E-state index >= 15 is 0 Å². The van der Waals surface area contributed by atoms with Gasteiger partial charge in [-0.2, -0.15) is 5.48 Å². The molecule has 0 bridgehead atoms. The van der Waals surface area contributed by atoms with Gasteiger partial charge in [-0.1, -0.05) is 0 Å². The minimum Gasteiger partial charge on any atom is -0.508 e. The van der Waals surface area contributed by atoms with Crippen LogP contribution in [0.25, 0.3) is 0 Å². The number of nitrogens with one attached hydrogen (secondary N) is 1. The van der Waals surface area contributed by atoms with Crippen molar-refractivity contribution in [3.8, 4) is 11.5 Å². The fourth-order valence-electron chi connectivity index (χ4n) is 0.943. The Bertz CT molecular complexity index is 255. The zero-order valence-corrected chi connectivity index (χ0v) is 6.65. The fourth-order valence-corrected chi connectivity index (χ4v) is 0.943. The van der Waals surface area contributed by atoms with Crippen molar-refractivity contribution in [2.24, 2.45) is 0 Å². The number of phenols is 2. The molecule has 0 spiro atoms. The molecule has 4 heteroatoms. The summed E-state index contributed by atoms with van der Waals surface area (Å²) in [4.78, 5) is 0. The number of rotatable bonds is 2. The maximum atomic E-state index is 9.07. The van der Waals surface area contributed by atoms with Gasteiger partial charge in [0.15, 0.2) is 0 Å². The molecule has 0 saturated heterocycles. The molecule has 0 fully saturated rings. The van der Waals surface area contributed by atoms with E-state index in [9.17, 15) is 0 Å². The summed E-state index contributed by atoms with van der Waals surface area (Å²) in [5.74, 6) is -0.0424. The van der Waals surface area contributed by atoms with Gasteiger partial charge in [0.2, 0.25) is 0 Å². The highest BCUT2D eigenvalue weighted by atomic mass is 16.5. The van der Waals surface area contributed by atoms with Crippen LogP contribution in [0.5, 0.6) is 11.5 Å². The molecule has 1 aromatic carbocycles. The van der Waals surface area contributed by atoms with Crippen LogP contribution in [-0.4, -0.2) is 15.4 Å². The Hall–Kier alpha value is -1.26. The van der Waals surface area contributed by atoms with Gasteiger partial charge >= 0.3 is 0 Å². The number of hydrogen-bond acceptors (Lipinski definition) is 4. The summed E-state index contributed by atoms with van der Waals surface area (Å²) in [7, 11) is 0. The molecule has 0 aliphatic heterocycles. The number of aromatic hydroxyl groups is 2. The highest BCUT2D eigenvalue weighted by Crippen LogP contribution is 2.24. The highest BCUT2D eigenvalue weighted by molar-refractivity contribution is 5.37. The summed E-state index contributed by atoms with van der Waals surface area (Å²) in [5, 5.41) is 26.7. The van der Waals surface area contributed by atoms with Crippen molar-refractivity contribution >= 4 is 0 Å². The molecule has 1 atom stereocenters. The Labute approximate surface area is 70.0 Å². The first-order valence-corrected chi connectivity index (χ1v) is 3.56. The standard InChI is InChI=1S/C8H11NO3/c1-5(9-12)6-2-7(10)4-8(11)3-6/h2-5,9-12H,1H3.